The van der Waals surface area contributed by atoms with E-state index in [1.807, 2.05) is 0 Å². The van der Waals surface area contributed by atoms with Crippen molar-refractivity contribution in [1.82, 2.24) is 0 Å². The van der Waals surface area contributed by atoms with Crippen LogP contribution in [-0.4, -0.2) is 26.4 Å². The van der Waals surface area contributed by atoms with Crippen molar-refractivity contribution in [1.29, 1.82) is 5.26 Å². The molecule has 0 bridgehead atoms. The number of rotatable bonds is 9. The van der Waals surface area contributed by atoms with Crippen LogP contribution in [0.2, 0.25) is 5.02 Å². The van der Waals surface area contributed by atoms with Crippen molar-refractivity contribution in [3.8, 4) is 28.4 Å². The average Bonchev–Trinajstić information content (AvgIpc) is 2.94. The SMILES string of the molecule is C=CCCOCCC1COC(c2cc(F)c(C#Cc3ccc(-c4ccc(SC#N)c(F)c4)c(F)c3)c(Cl)c2)OC1. The first kappa shape index (κ1) is 29.7. The number of nitriles is 1. The predicted molar refractivity (Wildman–Crippen MR) is 149 cm³/mol. The van der Waals surface area contributed by atoms with Gasteiger partial charge in [0, 0.05) is 35.8 Å². The number of benzene rings is 3. The monoisotopic (exact) mass is 583 g/mol. The van der Waals surface area contributed by atoms with E-state index < -0.39 is 23.7 Å². The Labute approximate surface area is 240 Å². The molecule has 4 rings (SSSR count). The lowest BCUT2D eigenvalue weighted by Crippen LogP contribution is -2.28. The molecule has 0 radical (unpaired) electrons. The fraction of sp³-hybridized carbons (Fsp3) is 0.258. The van der Waals surface area contributed by atoms with Gasteiger partial charge in [-0.2, -0.15) is 5.26 Å². The maximum Gasteiger partial charge on any atom is 0.183 e. The Morgan fingerprint density at radius 1 is 1.00 bits per heavy atom. The van der Waals surface area contributed by atoms with Gasteiger partial charge in [-0.3, -0.25) is 0 Å². The van der Waals surface area contributed by atoms with Crippen molar-refractivity contribution in [3.05, 3.63) is 100 Å². The zero-order valence-electron chi connectivity index (χ0n) is 21.4. The van der Waals surface area contributed by atoms with Gasteiger partial charge in [0.2, 0.25) is 0 Å². The van der Waals surface area contributed by atoms with Gasteiger partial charge in [0.25, 0.3) is 0 Å². The molecule has 3 aromatic rings. The van der Waals surface area contributed by atoms with Crippen LogP contribution in [0.4, 0.5) is 13.2 Å². The van der Waals surface area contributed by atoms with Crippen LogP contribution in [0.25, 0.3) is 11.1 Å². The topological polar surface area (TPSA) is 51.5 Å². The molecule has 1 heterocycles. The van der Waals surface area contributed by atoms with Crippen LogP contribution in [0.5, 0.6) is 0 Å². The molecule has 1 aliphatic heterocycles. The van der Waals surface area contributed by atoms with Crippen molar-refractivity contribution in [2.45, 2.75) is 24.0 Å². The van der Waals surface area contributed by atoms with Crippen LogP contribution in [0.15, 0.2) is 66.1 Å². The van der Waals surface area contributed by atoms with E-state index in [9.17, 15) is 13.2 Å². The van der Waals surface area contributed by atoms with Crippen molar-refractivity contribution in [2.75, 3.05) is 26.4 Å². The summed E-state index contributed by atoms with van der Waals surface area (Å²) in [7, 11) is 0. The average molecular weight is 584 g/mol. The van der Waals surface area contributed by atoms with Gasteiger partial charge in [-0.15, -0.1) is 6.58 Å². The van der Waals surface area contributed by atoms with E-state index in [-0.39, 0.29) is 32.5 Å². The lowest BCUT2D eigenvalue weighted by Gasteiger charge is -2.29. The van der Waals surface area contributed by atoms with E-state index in [4.69, 9.17) is 31.1 Å². The highest BCUT2D eigenvalue weighted by Crippen LogP contribution is 2.31. The Morgan fingerprint density at radius 3 is 2.48 bits per heavy atom. The molecule has 0 spiro atoms. The van der Waals surface area contributed by atoms with Crippen LogP contribution >= 0.6 is 23.4 Å². The lowest BCUT2D eigenvalue weighted by atomic mass is 10.0. The molecule has 0 N–H and O–H groups in total. The van der Waals surface area contributed by atoms with Crippen molar-refractivity contribution < 1.29 is 27.4 Å². The summed E-state index contributed by atoms with van der Waals surface area (Å²) in [6.07, 6.45) is 2.66. The quantitative estimate of drug-likeness (QED) is 0.0839. The minimum atomic E-state index is -0.744. The second-order valence-corrected chi connectivity index (χ2v) is 10.2. The Bertz CT molecular complexity index is 1450. The predicted octanol–water partition coefficient (Wildman–Crippen LogP) is 8.04. The molecule has 1 fully saturated rings. The number of hydrogen-bond acceptors (Lipinski definition) is 5. The Kier molecular flexibility index (Phi) is 10.7. The van der Waals surface area contributed by atoms with E-state index >= 15 is 0 Å². The number of ether oxygens (including phenoxy) is 3. The van der Waals surface area contributed by atoms with Gasteiger partial charge in [-0.05, 0) is 66.6 Å². The summed E-state index contributed by atoms with van der Waals surface area (Å²) in [4.78, 5) is 0.158. The van der Waals surface area contributed by atoms with Gasteiger partial charge in [0.05, 0.1) is 28.7 Å². The molecule has 0 aliphatic carbocycles. The third kappa shape index (κ3) is 7.69. The standard InChI is InChI=1S/C31H25ClF3NO3S/c1-2-3-11-37-12-10-21-17-38-31(39-18-21)23-14-26(32)25(28(34)16-23)8-5-20-4-7-24(27(33)13-20)22-6-9-30(40-19-36)29(35)15-22/h2,4,6-7,9,13-16,21,31H,1,3,10-12,17-18H2. The van der Waals surface area contributed by atoms with Crippen LogP contribution in [0, 0.1) is 45.9 Å². The van der Waals surface area contributed by atoms with E-state index in [0.717, 1.165) is 12.8 Å². The molecule has 40 heavy (non-hydrogen) atoms. The number of thioether (sulfide) groups is 1. The second-order valence-electron chi connectivity index (χ2n) is 8.99. The summed E-state index contributed by atoms with van der Waals surface area (Å²) in [5.74, 6) is 3.69. The Morgan fingerprint density at radius 2 is 1.80 bits per heavy atom. The van der Waals surface area contributed by atoms with Gasteiger partial charge in [0.1, 0.15) is 22.9 Å². The zero-order valence-corrected chi connectivity index (χ0v) is 23.0. The molecular weight excluding hydrogens is 559 g/mol. The third-order valence-corrected chi connectivity index (χ3v) is 7.08. The summed E-state index contributed by atoms with van der Waals surface area (Å²) < 4.78 is 61.0. The summed E-state index contributed by atoms with van der Waals surface area (Å²) in [5, 5.41) is 10.6. The maximum absolute atomic E-state index is 15.0. The lowest BCUT2D eigenvalue weighted by molar-refractivity contribution is -0.207. The normalized spacial score (nSPS) is 16.6. The largest absolute Gasteiger partial charge is 0.381 e. The first-order valence-electron chi connectivity index (χ1n) is 12.5. The van der Waals surface area contributed by atoms with Gasteiger partial charge >= 0.3 is 0 Å². The minimum Gasteiger partial charge on any atom is -0.381 e. The van der Waals surface area contributed by atoms with Crippen LogP contribution < -0.4 is 0 Å². The minimum absolute atomic E-state index is 0.0343. The first-order valence-corrected chi connectivity index (χ1v) is 13.7. The van der Waals surface area contributed by atoms with E-state index in [2.05, 4.69) is 18.4 Å². The molecule has 0 atom stereocenters. The van der Waals surface area contributed by atoms with Crippen LogP contribution in [0.3, 0.4) is 0 Å². The number of hydrogen-bond donors (Lipinski definition) is 0. The highest BCUT2D eigenvalue weighted by molar-refractivity contribution is 8.03. The molecule has 3 aromatic carbocycles. The summed E-state index contributed by atoms with van der Waals surface area (Å²) in [5.41, 5.74) is 1.18. The molecule has 1 saturated heterocycles. The molecular formula is C31H25ClF3NO3S. The van der Waals surface area contributed by atoms with E-state index in [0.29, 0.717) is 49.3 Å². The number of thiocyanates is 1. The highest BCUT2D eigenvalue weighted by atomic mass is 35.5. The zero-order chi connectivity index (χ0) is 28.5. The number of nitrogens with zero attached hydrogens (tertiary/aromatic N) is 1. The van der Waals surface area contributed by atoms with E-state index in [1.54, 1.807) is 23.6 Å². The summed E-state index contributed by atoms with van der Waals surface area (Å²) >= 11 is 7.03. The van der Waals surface area contributed by atoms with Crippen LogP contribution in [-0.2, 0) is 14.2 Å². The molecule has 0 amide bonds. The van der Waals surface area contributed by atoms with Gasteiger partial charge in [-0.25, -0.2) is 13.2 Å². The van der Waals surface area contributed by atoms with Crippen molar-refractivity contribution in [3.63, 3.8) is 0 Å². The molecule has 0 saturated carbocycles. The molecule has 0 aromatic heterocycles. The molecule has 206 valence electrons. The summed E-state index contributed by atoms with van der Waals surface area (Å²) in [6, 6.07) is 11.1. The Balaban J connectivity index is 1.41. The van der Waals surface area contributed by atoms with Gasteiger partial charge in [0.15, 0.2) is 6.29 Å². The number of halogens is 4. The van der Waals surface area contributed by atoms with Crippen molar-refractivity contribution >= 4 is 23.4 Å². The van der Waals surface area contributed by atoms with Gasteiger partial charge < -0.3 is 14.2 Å². The fourth-order valence-corrected chi connectivity index (χ4v) is 4.69. The highest BCUT2D eigenvalue weighted by Gasteiger charge is 2.25. The molecule has 4 nitrogen and oxygen atoms in total. The maximum atomic E-state index is 15.0. The third-order valence-electron chi connectivity index (χ3n) is 6.14. The molecule has 1 aliphatic rings. The second kappa shape index (κ2) is 14.4. The Hall–Kier alpha value is -3.24. The first-order chi connectivity index (χ1) is 19.4. The van der Waals surface area contributed by atoms with Gasteiger partial charge in [-0.1, -0.05) is 41.7 Å². The molecule has 0 unspecified atom stereocenters. The molecule has 9 heteroatoms. The van der Waals surface area contributed by atoms with Crippen LogP contribution in [0.1, 0.15) is 35.8 Å². The van der Waals surface area contributed by atoms with Crippen molar-refractivity contribution in [2.24, 2.45) is 5.92 Å². The smallest absolute Gasteiger partial charge is 0.183 e. The fourth-order valence-electron chi connectivity index (χ4n) is 4.03. The summed E-state index contributed by atoms with van der Waals surface area (Å²) in [6.45, 7) is 5.80. The van der Waals surface area contributed by atoms with E-state index in [1.165, 1.54) is 36.4 Å².